The van der Waals surface area contributed by atoms with Crippen molar-refractivity contribution in [3.63, 3.8) is 0 Å². The number of likely N-dealkylation sites (tertiary alicyclic amines) is 1. The molecule has 6 heteroatoms. The number of nitrogens with zero attached hydrogens (tertiary/aromatic N) is 2. The van der Waals surface area contributed by atoms with Crippen LogP contribution in [0.3, 0.4) is 0 Å². The van der Waals surface area contributed by atoms with E-state index in [9.17, 15) is 4.79 Å². The minimum absolute atomic E-state index is 0. The van der Waals surface area contributed by atoms with Crippen LogP contribution in [0.25, 0.3) is 11.0 Å². The van der Waals surface area contributed by atoms with Crippen molar-refractivity contribution >= 4 is 23.4 Å². The highest BCUT2D eigenvalue weighted by Crippen LogP contribution is 2.33. The molecule has 0 spiro atoms. The van der Waals surface area contributed by atoms with Crippen LogP contribution >= 0.6 is 12.4 Å². The van der Waals surface area contributed by atoms with Crippen LogP contribution in [0.5, 0.6) is 0 Å². The number of rotatable bonds is 2. The van der Waals surface area contributed by atoms with E-state index >= 15 is 0 Å². The van der Waals surface area contributed by atoms with E-state index in [4.69, 9.17) is 4.74 Å². The van der Waals surface area contributed by atoms with Crippen LogP contribution in [0.1, 0.15) is 49.8 Å². The molecule has 2 aliphatic rings. The minimum atomic E-state index is 0. The maximum absolute atomic E-state index is 12.6. The summed E-state index contributed by atoms with van der Waals surface area (Å²) in [5.74, 6) is 0. The molecule has 0 saturated carbocycles. The number of aromatic amines is 1. The molecule has 1 aromatic heterocycles. The third-order valence-corrected chi connectivity index (χ3v) is 6.49. The maximum Gasteiger partial charge on any atom is 0.326 e. The van der Waals surface area contributed by atoms with Gasteiger partial charge in [0.1, 0.15) is 0 Å². The molecule has 2 aromatic rings. The van der Waals surface area contributed by atoms with Crippen molar-refractivity contribution in [1.29, 1.82) is 0 Å². The summed E-state index contributed by atoms with van der Waals surface area (Å²) in [7, 11) is 0. The number of imidazole rings is 1. The minimum Gasteiger partial charge on any atom is -0.381 e. The lowest BCUT2D eigenvalue weighted by Crippen LogP contribution is -2.53. The molecule has 2 fully saturated rings. The van der Waals surface area contributed by atoms with Crippen LogP contribution in [-0.4, -0.2) is 46.3 Å². The number of hydrogen-bond acceptors (Lipinski definition) is 3. The molecule has 2 saturated heterocycles. The van der Waals surface area contributed by atoms with Crippen LogP contribution in [0.2, 0.25) is 0 Å². The summed E-state index contributed by atoms with van der Waals surface area (Å²) in [6.07, 6.45) is 4.30. The molecule has 4 rings (SSSR count). The van der Waals surface area contributed by atoms with Crippen LogP contribution in [0.15, 0.2) is 16.9 Å². The Morgan fingerprint density at radius 2 is 1.73 bits per heavy atom. The van der Waals surface area contributed by atoms with E-state index in [1.807, 2.05) is 4.57 Å². The van der Waals surface area contributed by atoms with Crippen LogP contribution in [0.4, 0.5) is 0 Å². The second-order valence-corrected chi connectivity index (χ2v) is 8.08. The monoisotopic (exact) mass is 379 g/mol. The number of piperidine rings is 1. The lowest BCUT2D eigenvalue weighted by Gasteiger charge is -2.47. The zero-order valence-corrected chi connectivity index (χ0v) is 16.8. The molecule has 26 heavy (non-hydrogen) atoms. The van der Waals surface area contributed by atoms with E-state index in [1.54, 1.807) is 0 Å². The van der Waals surface area contributed by atoms with E-state index in [-0.39, 0.29) is 23.6 Å². The van der Waals surface area contributed by atoms with Crippen LogP contribution in [0, 0.1) is 13.8 Å². The molecule has 0 unspecified atom stereocenters. The van der Waals surface area contributed by atoms with Gasteiger partial charge >= 0.3 is 5.69 Å². The number of hydrogen-bond donors (Lipinski definition) is 1. The first kappa shape index (κ1) is 19.5. The summed E-state index contributed by atoms with van der Waals surface area (Å²) in [6, 6.07) is 4.55. The standard InChI is InChI=1S/C20H29N3O2.ClH/c1-14-12-17-18(13-15(14)2)23(19(24)21-17)16-4-8-22(9-5-16)20(3)6-10-25-11-7-20;/h12-13,16H,4-11H2,1-3H3,(H,21,24);1H. The summed E-state index contributed by atoms with van der Waals surface area (Å²) in [6.45, 7) is 10.5. The second kappa shape index (κ2) is 7.37. The normalized spacial score (nSPS) is 21.7. The number of H-pyrrole nitrogens is 1. The molecular weight excluding hydrogens is 350 g/mol. The largest absolute Gasteiger partial charge is 0.381 e. The predicted molar refractivity (Wildman–Crippen MR) is 108 cm³/mol. The fourth-order valence-corrected chi connectivity index (χ4v) is 4.54. The van der Waals surface area contributed by atoms with Crippen molar-refractivity contribution < 1.29 is 4.74 Å². The zero-order chi connectivity index (χ0) is 17.6. The number of nitrogens with one attached hydrogen (secondary N) is 1. The van der Waals surface area contributed by atoms with Crippen molar-refractivity contribution in [2.75, 3.05) is 26.3 Å². The van der Waals surface area contributed by atoms with Gasteiger partial charge in [0, 0.05) is 37.9 Å². The Kier molecular flexibility index (Phi) is 5.52. The molecule has 0 radical (unpaired) electrons. The fraction of sp³-hybridized carbons (Fsp3) is 0.650. The Morgan fingerprint density at radius 1 is 1.12 bits per heavy atom. The van der Waals surface area contributed by atoms with E-state index in [2.05, 4.69) is 42.8 Å². The van der Waals surface area contributed by atoms with Gasteiger partial charge in [-0.05, 0) is 69.7 Å². The highest BCUT2D eigenvalue weighted by atomic mass is 35.5. The molecule has 3 heterocycles. The van der Waals surface area contributed by atoms with Gasteiger partial charge in [-0.1, -0.05) is 0 Å². The summed E-state index contributed by atoms with van der Waals surface area (Å²) in [5, 5.41) is 0. The van der Waals surface area contributed by atoms with Gasteiger partial charge in [0.2, 0.25) is 0 Å². The van der Waals surface area contributed by atoms with Gasteiger partial charge in [-0.2, -0.15) is 0 Å². The Balaban J connectivity index is 0.00000196. The lowest BCUT2D eigenvalue weighted by atomic mass is 9.87. The van der Waals surface area contributed by atoms with E-state index < -0.39 is 0 Å². The number of halogens is 1. The molecule has 0 amide bonds. The Labute approximate surface area is 161 Å². The zero-order valence-electron chi connectivity index (χ0n) is 16.0. The molecular formula is C20H30ClN3O2. The smallest absolute Gasteiger partial charge is 0.326 e. The van der Waals surface area contributed by atoms with Gasteiger partial charge in [0.15, 0.2) is 0 Å². The fourth-order valence-electron chi connectivity index (χ4n) is 4.54. The molecule has 2 aliphatic heterocycles. The topological polar surface area (TPSA) is 50.3 Å². The highest BCUT2D eigenvalue weighted by molar-refractivity contribution is 5.85. The Hall–Kier alpha value is -1.30. The number of aryl methyl sites for hydroxylation is 2. The number of ether oxygens (including phenoxy) is 1. The molecule has 144 valence electrons. The molecule has 5 nitrogen and oxygen atoms in total. The SMILES string of the molecule is Cc1cc2[nH]c(=O)n(C3CCN(C4(C)CCOCC4)CC3)c2cc1C.Cl. The van der Waals surface area contributed by atoms with Gasteiger partial charge in [0.05, 0.1) is 11.0 Å². The summed E-state index contributed by atoms with van der Waals surface area (Å²) < 4.78 is 7.55. The molecule has 0 aliphatic carbocycles. The lowest BCUT2D eigenvalue weighted by molar-refractivity contribution is -0.0312. The third kappa shape index (κ3) is 3.32. The number of aromatic nitrogens is 2. The van der Waals surface area contributed by atoms with E-state index in [0.29, 0.717) is 6.04 Å². The highest BCUT2D eigenvalue weighted by Gasteiger charge is 2.36. The number of fused-ring (bicyclic) bond motifs is 1. The van der Waals surface area contributed by atoms with Crippen molar-refractivity contribution in [2.24, 2.45) is 0 Å². The Bertz CT molecular complexity index is 827. The molecule has 1 aromatic carbocycles. The van der Waals surface area contributed by atoms with Crippen molar-refractivity contribution in [3.8, 4) is 0 Å². The average Bonchev–Trinajstić information content (AvgIpc) is 2.91. The summed E-state index contributed by atoms with van der Waals surface area (Å²) in [4.78, 5) is 18.3. The van der Waals surface area contributed by atoms with Crippen molar-refractivity contribution in [1.82, 2.24) is 14.5 Å². The first-order chi connectivity index (χ1) is 12.0. The van der Waals surface area contributed by atoms with Gasteiger partial charge in [-0.15, -0.1) is 12.4 Å². The van der Waals surface area contributed by atoms with Crippen LogP contribution < -0.4 is 5.69 Å². The third-order valence-electron chi connectivity index (χ3n) is 6.49. The van der Waals surface area contributed by atoms with Crippen molar-refractivity contribution in [3.05, 3.63) is 33.7 Å². The number of benzene rings is 1. The van der Waals surface area contributed by atoms with E-state index in [1.165, 1.54) is 11.1 Å². The first-order valence-electron chi connectivity index (χ1n) is 9.52. The molecule has 0 atom stereocenters. The van der Waals surface area contributed by atoms with Gasteiger partial charge in [-0.25, -0.2) is 4.79 Å². The summed E-state index contributed by atoms with van der Waals surface area (Å²) >= 11 is 0. The van der Waals surface area contributed by atoms with E-state index in [0.717, 1.165) is 63.0 Å². The molecule has 0 bridgehead atoms. The quantitative estimate of drug-likeness (QED) is 0.867. The van der Waals surface area contributed by atoms with Gasteiger partial charge < -0.3 is 9.72 Å². The Morgan fingerprint density at radius 3 is 2.38 bits per heavy atom. The van der Waals surface area contributed by atoms with Gasteiger partial charge in [-0.3, -0.25) is 9.47 Å². The second-order valence-electron chi connectivity index (χ2n) is 8.08. The predicted octanol–water partition coefficient (Wildman–Crippen LogP) is 3.57. The van der Waals surface area contributed by atoms with Crippen LogP contribution in [-0.2, 0) is 4.74 Å². The molecule has 1 N–H and O–H groups in total. The average molecular weight is 380 g/mol. The van der Waals surface area contributed by atoms with Gasteiger partial charge in [0.25, 0.3) is 0 Å². The summed E-state index contributed by atoms with van der Waals surface area (Å²) in [5.41, 5.74) is 4.80. The maximum atomic E-state index is 12.6. The first-order valence-corrected chi connectivity index (χ1v) is 9.52. The van der Waals surface area contributed by atoms with Crippen molar-refractivity contribution in [2.45, 2.75) is 58.0 Å².